The van der Waals surface area contributed by atoms with Gasteiger partial charge in [0.15, 0.2) is 0 Å². The topological polar surface area (TPSA) is 9.23 Å². The highest BCUT2D eigenvalue weighted by molar-refractivity contribution is 9.10. The van der Waals surface area contributed by atoms with Gasteiger partial charge in [-0.05, 0) is 42.5 Å². The summed E-state index contributed by atoms with van der Waals surface area (Å²) in [6, 6.07) is 5.96. The highest BCUT2D eigenvalue weighted by atomic mass is 79.9. The summed E-state index contributed by atoms with van der Waals surface area (Å²) in [5, 5.41) is 0.761. The molecule has 1 aromatic rings. The van der Waals surface area contributed by atoms with Gasteiger partial charge in [0.05, 0.1) is 6.10 Å². The van der Waals surface area contributed by atoms with Crippen LogP contribution in [0.25, 0.3) is 0 Å². The average Bonchev–Trinajstić information content (AvgIpc) is 2.87. The Kier molecular flexibility index (Phi) is 3.15. The van der Waals surface area contributed by atoms with E-state index in [-0.39, 0.29) is 6.10 Å². The lowest BCUT2D eigenvalue weighted by Gasteiger charge is -2.15. The molecule has 1 nitrogen and oxygen atoms in total. The second-order valence-corrected chi connectivity index (χ2v) is 5.05. The van der Waals surface area contributed by atoms with Crippen molar-refractivity contribution in [3.63, 3.8) is 0 Å². The van der Waals surface area contributed by atoms with Crippen molar-refractivity contribution < 1.29 is 4.74 Å². The van der Waals surface area contributed by atoms with Crippen molar-refractivity contribution in [3.05, 3.63) is 33.3 Å². The molecule has 0 spiro atoms. The van der Waals surface area contributed by atoms with E-state index in [9.17, 15) is 0 Å². The molecular weight excluding hydrogens is 263 g/mol. The zero-order valence-electron chi connectivity index (χ0n) is 7.97. The molecule has 0 aromatic heterocycles. The van der Waals surface area contributed by atoms with Crippen LogP contribution in [-0.4, -0.2) is 7.11 Å². The fourth-order valence-corrected chi connectivity index (χ4v) is 2.63. The van der Waals surface area contributed by atoms with Crippen LogP contribution in [0.15, 0.2) is 22.7 Å². The van der Waals surface area contributed by atoms with Gasteiger partial charge in [0, 0.05) is 16.6 Å². The predicted octanol–water partition coefficient (Wildman–Crippen LogP) is 4.20. The Bertz CT molecular complexity index is 316. The van der Waals surface area contributed by atoms with E-state index in [2.05, 4.69) is 22.0 Å². The maximum atomic E-state index is 5.99. The first-order valence-electron chi connectivity index (χ1n) is 4.69. The van der Waals surface area contributed by atoms with Crippen LogP contribution in [-0.2, 0) is 4.74 Å². The van der Waals surface area contributed by atoms with Gasteiger partial charge in [0.2, 0.25) is 0 Å². The van der Waals surface area contributed by atoms with Gasteiger partial charge in [-0.25, -0.2) is 0 Å². The van der Waals surface area contributed by atoms with Crippen LogP contribution in [0.2, 0.25) is 5.02 Å². The Morgan fingerprint density at radius 3 is 2.64 bits per heavy atom. The zero-order valence-corrected chi connectivity index (χ0v) is 10.3. The molecule has 0 radical (unpaired) electrons. The molecule has 0 heterocycles. The van der Waals surface area contributed by atoms with Crippen LogP contribution in [0.5, 0.6) is 0 Å². The lowest BCUT2D eigenvalue weighted by atomic mass is 10.1. The lowest BCUT2D eigenvalue weighted by molar-refractivity contribution is 0.0846. The Balaban J connectivity index is 2.28. The number of hydrogen-bond acceptors (Lipinski definition) is 1. The second-order valence-electron chi connectivity index (χ2n) is 3.70. The average molecular weight is 276 g/mol. The first kappa shape index (κ1) is 10.5. The summed E-state index contributed by atoms with van der Waals surface area (Å²) in [7, 11) is 1.76. The summed E-state index contributed by atoms with van der Waals surface area (Å²) in [6.07, 6.45) is 2.75. The zero-order chi connectivity index (χ0) is 10.1. The van der Waals surface area contributed by atoms with E-state index < -0.39 is 0 Å². The van der Waals surface area contributed by atoms with Crippen molar-refractivity contribution in [2.45, 2.75) is 18.9 Å². The van der Waals surface area contributed by atoms with Crippen molar-refractivity contribution in [3.8, 4) is 0 Å². The van der Waals surface area contributed by atoms with Crippen LogP contribution in [0.4, 0.5) is 0 Å². The lowest BCUT2D eigenvalue weighted by Crippen LogP contribution is -2.03. The van der Waals surface area contributed by atoms with Crippen molar-refractivity contribution in [1.82, 2.24) is 0 Å². The SMILES string of the molecule is COC(c1cc(Cl)cc(Br)c1)C1CC1. The minimum Gasteiger partial charge on any atom is -0.376 e. The molecule has 0 bridgehead atoms. The summed E-state index contributed by atoms with van der Waals surface area (Å²) in [4.78, 5) is 0. The Labute approximate surface area is 97.5 Å². The van der Waals surface area contributed by atoms with E-state index in [1.807, 2.05) is 12.1 Å². The van der Waals surface area contributed by atoms with Crippen molar-refractivity contribution in [2.24, 2.45) is 5.92 Å². The molecule has 1 aliphatic rings. The smallest absolute Gasteiger partial charge is 0.0850 e. The molecule has 1 fully saturated rings. The van der Waals surface area contributed by atoms with Crippen LogP contribution in [0.1, 0.15) is 24.5 Å². The standard InChI is InChI=1S/C11H12BrClO/c1-14-11(7-2-3-7)8-4-9(12)6-10(13)5-8/h4-7,11H,2-3H2,1H3. The molecule has 1 aromatic carbocycles. The Hall–Kier alpha value is -0.0500. The second kappa shape index (κ2) is 4.21. The molecule has 1 saturated carbocycles. The van der Waals surface area contributed by atoms with E-state index in [1.54, 1.807) is 7.11 Å². The third-order valence-corrected chi connectivity index (χ3v) is 3.19. The summed E-state index contributed by atoms with van der Waals surface area (Å²) < 4.78 is 6.51. The van der Waals surface area contributed by atoms with Crippen LogP contribution >= 0.6 is 27.5 Å². The van der Waals surface area contributed by atoms with Crippen LogP contribution < -0.4 is 0 Å². The molecule has 0 N–H and O–H groups in total. The van der Waals surface area contributed by atoms with Gasteiger partial charge in [-0.3, -0.25) is 0 Å². The first-order chi connectivity index (χ1) is 6.70. The van der Waals surface area contributed by atoms with E-state index in [4.69, 9.17) is 16.3 Å². The molecule has 1 atom stereocenters. The van der Waals surface area contributed by atoms with E-state index in [0.717, 1.165) is 9.50 Å². The molecule has 0 aliphatic heterocycles. The predicted molar refractivity (Wildman–Crippen MR) is 61.6 cm³/mol. The number of benzene rings is 1. The fourth-order valence-electron chi connectivity index (χ4n) is 1.74. The maximum absolute atomic E-state index is 5.99. The summed E-state index contributed by atoms with van der Waals surface area (Å²) in [6.45, 7) is 0. The maximum Gasteiger partial charge on any atom is 0.0850 e. The van der Waals surface area contributed by atoms with Gasteiger partial charge in [0.1, 0.15) is 0 Å². The van der Waals surface area contributed by atoms with Gasteiger partial charge in [-0.15, -0.1) is 0 Å². The first-order valence-corrected chi connectivity index (χ1v) is 5.86. The highest BCUT2D eigenvalue weighted by Crippen LogP contribution is 2.43. The number of ether oxygens (including phenoxy) is 1. The number of methoxy groups -OCH3 is 1. The number of rotatable bonds is 3. The van der Waals surface area contributed by atoms with Crippen molar-refractivity contribution in [2.75, 3.05) is 7.11 Å². The quantitative estimate of drug-likeness (QED) is 0.803. The summed E-state index contributed by atoms with van der Waals surface area (Å²) >= 11 is 9.43. The fraction of sp³-hybridized carbons (Fsp3) is 0.455. The normalized spacial score (nSPS) is 18.2. The van der Waals surface area contributed by atoms with Gasteiger partial charge in [0.25, 0.3) is 0 Å². The Morgan fingerprint density at radius 2 is 2.14 bits per heavy atom. The molecule has 0 saturated heterocycles. The number of hydrogen-bond donors (Lipinski definition) is 0. The van der Waals surface area contributed by atoms with E-state index in [1.165, 1.54) is 18.4 Å². The molecule has 76 valence electrons. The van der Waals surface area contributed by atoms with Gasteiger partial charge < -0.3 is 4.74 Å². The monoisotopic (exact) mass is 274 g/mol. The molecule has 14 heavy (non-hydrogen) atoms. The minimum atomic E-state index is 0.213. The summed E-state index contributed by atoms with van der Waals surface area (Å²) in [5.74, 6) is 0.686. The number of halogens is 2. The third kappa shape index (κ3) is 2.30. The molecule has 1 aliphatic carbocycles. The molecule has 2 rings (SSSR count). The van der Waals surface area contributed by atoms with E-state index in [0.29, 0.717) is 5.92 Å². The van der Waals surface area contributed by atoms with Crippen molar-refractivity contribution >= 4 is 27.5 Å². The van der Waals surface area contributed by atoms with Gasteiger partial charge in [-0.2, -0.15) is 0 Å². The largest absolute Gasteiger partial charge is 0.376 e. The van der Waals surface area contributed by atoms with Gasteiger partial charge in [-0.1, -0.05) is 27.5 Å². The highest BCUT2D eigenvalue weighted by Gasteiger charge is 2.32. The molecule has 1 unspecified atom stereocenters. The molecular formula is C11H12BrClO. The van der Waals surface area contributed by atoms with E-state index >= 15 is 0 Å². The summed E-state index contributed by atoms with van der Waals surface area (Å²) in [5.41, 5.74) is 1.18. The molecule has 0 amide bonds. The molecule has 3 heteroatoms. The van der Waals surface area contributed by atoms with Gasteiger partial charge >= 0.3 is 0 Å². The van der Waals surface area contributed by atoms with Crippen molar-refractivity contribution in [1.29, 1.82) is 0 Å². The third-order valence-electron chi connectivity index (χ3n) is 2.52. The van der Waals surface area contributed by atoms with Crippen LogP contribution in [0, 0.1) is 5.92 Å². The Morgan fingerprint density at radius 1 is 1.43 bits per heavy atom. The van der Waals surface area contributed by atoms with Crippen LogP contribution in [0.3, 0.4) is 0 Å². The minimum absolute atomic E-state index is 0.213.